The van der Waals surface area contributed by atoms with E-state index in [1.165, 1.54) is 38.9 Å². The Kier molecular flexibility index (Phi) is 12.0. The van der Waals surface area contributed by atoms with Crippen molar-refractivity contribution in [1.29, 1.82) is 0 Å². The zero-order valence-electron chi connectivity index (χ0n) is 13.9. The van der Waals surface area contributed by atoms with Gasteiger partial charge in [0.2, 0.25) is 5.43 Å². The van der Waals surface area contributed by atoms with Gasteiger partial charge >= 0.3 is 0 Å². The zero-order valence-corrected chi connectivity index (χ0v) is 15.6. The first-order valence-electron chi connectivity index (χ1n) is 7.78. The van der Waals surface area contributed by atoms with Gasteiger partial charge in [0.25, 0.3) is 0 Å². The maximum absolute atomic E-state index is 11.5. The van der Waals surface area contributed by atoms with E-state index in [2.05, 4.69) is 31.4 Å². The van der Waals surface area contributed by atoms with Gasteiger partial charge in [0, 0.05) is 13.6 Å². The van der Waals surface area contributed by atoms with Crippen molar-refractivity contribution >= 4 is 30.5 Å². The predicted octanol–water partition coefficient (Wildman–Crippen LogP) is 3.54. The average molecular weight is 331 g/mol. The van der Waals surface area contributed by atoms with Crippen LogP contribution in [0, 0.1) is 4.51 Å². The summed E-state index contributed by atoms with van der Waals surface area (Å²) in [5.74, 6) is 0. The lowest BCUT2D eigenvalue weighted by molar-refractivity contribution is 0.269. The fourth-order valence-electron chi connectivity index (χ4n) is 2.36. The molecular weight excluding hydrogens is 300 g/mol. The van der Waals surface area contributed by atoms with E-state index in [4.69, 9.17) is 12.2 Å². The molecule has 0 aliphatic carbocycles. The van der Waals surface area contributed by atoms with Crippen LogP contribution in [0.5, 0.6) is 0 Å². The third kappa shape index (κ3) is 7.43. The molecule has 0 spiro atoms. The quantitative estimate of drug-likeness (QED) is 0.403. The minimum Gasteiger partial charge on any atom is -0.371 e. The molecule has 1 aromatic carbocycles. The molecule has 0 atom stereocenters. The Balaban J connectivity index is 0.00000191. The summed E-state index contributed by atoms with van der Waals surface area (Å²) < 4.78 is 0.471. The van der Waals surface area contributed by atoms with Gasteiger partial charge < -0.3 is 9.80 Å². The van der Waals surface area contributed by atoms with Gasteiger partial charge in [-0.15, -0.1) is 0 Å². The summed E-state index contributed by atoms with van der Waals surface area (Å²) in [4.78, 5) is 16.0. The second kappa shape index (κ2) is 12.2. The molecule has 122 valence electrons. The van der Waals surface area contributed by atoms with Crippen molar-refractivity contribution in [3.8, 4) is 0 Å². The minimum absolute atomic E-state index is 0.0380. The molecule has 0 saturated heterocycles. The van der Waals surface area contributed by atoms with E-state index >= 15 is 0 Å². The fraction of sp³-hybridized carbons (Fsp3) is 0.750. The maximum Gasteiger partial charge on any atom is 0.219 e. The molecule has 0 aliphatic rings. The lowest BCUT2D eigenvalue weighted by Crippen LogP contribution is -2.29. The second-order valence-corrected chi connectivity index (χ2v) is 5.63. The molecular formula is C16H30N2OS2. The van der Waals surface area contributed by atoms with Gasteiger partial charge in [0.1, 0.15) is 0 Å². The fourth-order valence-corrected chi connectivity index (χ4v) is 2.58. The third-order valence-electron chi connectivity index (χ3n) is 3.43. The Hall–Kier alpha value is -0.390. The van der Waals surface area contributed by atoms with Gasteiger partial charge in [0.05, 0.1) is 10.2 Å². The molecule has 21 heavy (non-hydrogen) atoms. The molecule has 0 saturated carbocycles. The third-order valence-corrected chi connectivity index (χ3v) is 3.74. The highest BCUT2D eigenvalue weighted by atomic mass is 32.1. The highest BCUT2D eigenvalue weighted by Crippen LogP contribution is 2.11. The van der Waals surface area contributed by atoms with Gasteiger partial charge in [-0.25, -0.2) is 0 Å². The molecule has 5 heteroatoms. The minimum atomic E-state index is 0.0380. The summed E-state index contributed by atoms with van der Waals surface area (Å²) in [6.45, 7) is 8.96. The molecule has 0 unspecified atom stereocenters. The van der Waals surface area contributed by atoms with Crippen LogP contribution >= 0.6 is 24.8 Å². The summed E-state index contributed by atoms with van der Waals surface area (Å²) in [5, 5.41) is 0. The molecule has 0 radical (unpaired) electrons. The van der Waals surface area contributed by atoms with Crippen LogP contribution in [0.2, 0.25) is 0 Å². The predicted molar refractivity (Wildman–Crippen MR) is 100 cm³/mol. The van der Waals surface area contributed by atoms with E-state index in [0.717, 1.165) is 18.7 Å². The monoisotopic (exact) mass is 330 g/mol. The van der Waals surface area contributed by atoms with Crippen molar-refractivity contribution in [2.24, 2.45) is 0 Å². The number of hydrogen-bond acceptors (Lipinski definition) is 5. The van der Waals surface area contributed by atoms with Gasteiger partial charge in [-0.2, -0.15) is 12.6 Å². The molecule has 1 aromatic rings. The van der Waals surface area contributed by atoms with Crippen LogP contribution in [0.3, 0.4) is 0 Å². The van der Waals surface area contributed by atoms with Crippen LogP contribution in [0.15, 0.2) is 10.9 Å². The number of hydrogen-bond donors (Lipinski definition) is 1. The van der Waals surface area contributed by atoms with Crippen LogP contribution in [-0.2, 0) is 0 Å². The molecule has 0 N–H and O–H groups in total. The van der Waals surface area contributed by atoms with Gasteiger partial charge in [-0.3, -0.25) is 4.79 Å². The number of unbranched alkanes of at least 4 members (excludes halogenated alkanes) is 1. The first-order valence-corrected chi connectivity index (χ1v) is 9.09. The molecule has 3 nitrogen and oxygen atoms in total. The van der Waals surface area contributed by atoms with Crippen LogP contribution < -0.4 is 10.3 Å². The largest absolute Gasteiger partial charge is 0.371 e. The molecule has 0 bridgehead atoms. The van der Waals surface area contributed by atoms with Gasteiger partial charge in [-0.1, -0.05) is 26.1 Å². The lowest BCUT2D eigenvalue weighted by Gasteiger charge is -2.23. The standard InChI is InChI=1S/C15H26N2OS.CH4S/c1-4-8-17(9-5-2)11-7-6-10-16(3)13-12-14(19)15(13)18;1-2/h12H,4-11H2,1-3H3;2H,1H3. The molecule has 1 rings (SSSR count). The van der Waals surface area contributed by atoms with Crippen LogP contribution in [0.25, 0.3) is 0 Å². The second-order valence-electron chi connectivity index (χ2n) is 5.19. The molecule has 0 amide bonds. The summed E-state index contributed by atoms with van der Waals surface area (Å²) in [7, 11) is 1.97. The summed E-state index contributed by atoms with van der Waals surface area (Å²) >= 11 is 8.40. The molecule has 0 fully saturated rings. The van der Waals surface area contributed by atoms with E-state index in [0.29, 0.717) is 4.51 Å². The molecule has 0 aliphatic heterocycles. The first-order chi connectivity index (χ1) is 10.1. The van der Waals surface area contributed by atoms with E-state index in [1.807, 2.05) is 11.9 Å². The van der Waals surface area contributed by atoms with Crippen molar-refractivity contribution in [3.05, 3.63) is 20.8 Å². The van der Waals surface area contributed by atoms with Crippen molar-refractivity contribution in [3.63, 3.8) is 0 Å². The number of rotatable bonds is 10. The average Bonchev–Trinajstić information content (AvgIpc) is 2.50. The number of thiol groups is 1. The highest BCUT2D eigenvalue weighted by Gasteiger charge is 2.11. The Morgan fingerprint density at radius 2 is 1.57 bits per heavy atom. The van der Waals surface area contributed by atoms with Crippen molar-refractivity contribution in [2.45, 2.75) is 39.5 Å². The first kappa shape index (κ1) is 20.6. The van der Waals surface area contributed by atoms with Gasteiger partial charge in [-0.05, 0) is 57.6 Å². The Morgan fingerprint density at radius 3 is 2.00 bits per heavy atom. The van der Waals surface area contributed by atoms with Crippen molar-refractivity contribution < 1.29 is 0 Å². The normalized spacial score (nSPS) is 10.6. The highest BCUT2D eigenvalue weighted by molar-refractivity contribution is 7.79. The Morgan fingerprint density at radius 1 is 1.05 bits per heavy atom. The van der Waals surface area contributed by atoms with Crippen LogP contribution in [-0.4, -0.2) is 44.4 Å². The van der Waals surface area contributed by atoms with Crippen molar-refractivity contribution in [2.75, 3.05) is 44.4 Å². The zero-order chi connectivity index (χ0) is 16.3. The van der Waals surface area contributed by atoms with Crippen molar-refractivity contribution in [1.82, 2.24) is 4.90 Å². The summed E-state index contributed by atoms with van der Waals surface area (Å²) in [5.41, 5.74) is 0.820. The lowest BCUT2D eigenvalue weighted by atomic mass is 10.2. The Labute approximate surface area is 140 Å². The topological polar surface area (TPSA) is 23.6 Å². The summed E-state index contributed by atoms with van der Waals surface area (Å²) in [6.07, 6.45) is 6.45. The number of nitrogens with zero attached hydrogens (tertiary/aromatic N) is 2. The molecule has 0 aromatic heterocycles. The molecule has 0 heterocycles. The SMILES string of the molecule is CCCN(CCC)CCCCN(C)c1cc(=S)c1=O.CS. The summed E-state index contributed by atoms with van der Waals surface area (Å²) in [6, 6.07) is 1.80. The Bertz CT molecular complexity index is 435. The van der Waals surface area contributed by atoms with E-state index < -0.39 is 0 Å². The van der Waals surface area contributed by atoms with E-state index in [-0.39, 0.29) is 5.43 Å². The van der Waals surface area contributed by atoms with Crippen LogP contribution in [0.1, 0.15) is 39.5 Å². The van der Waals surface area contributed by atoms with Crippen LogP contribution in [0.4, 0.5) is 5.69 Å². The number of anilines is 1. The smallest absolute Gasteiger partial charge is 0.219 e. The van der Waals surface area contributed by atoms with E-state index in [1.54, 1.807) is 12.3 Å². The van der Waals surface area contributed by atoms with Gasteiger partial charge in [0.15, 0.2) is 0 Å². The van der Waals surface area contributed by atoms with E-state index in [9.17, 15) is 4.79 Å². The maximum atomic E-state index is 11.5.